The van der Waals surface area contributed by atoms with Gasteiger partial charge in [-0.3, -0.25) is 0 Å². The van der Waals surface area contributed by atoms with Crippen LogP contribution in [-0.4, -0.2) is 31.8 Å². The molecule has 1 fully saturated rings. The highest BCUT2D eigenvalue weighted by atomic mass is 16.5. The molecule has 2 amide bonds. The van der Waals surface area contributed by atoms with E-state index in [1.165, 1.54) is 0 Å². The average molecular weight is 263 g/mol. The first-order valence-electron chi connectivity index (χ1n) is 6.79. The van der Waals surface area contributed by atoms with Gasteiger partial charge in [0.05, 0.1) is 12.3 Å². The molecule has 1 aliphatic heterocycles. The summed E-state index contributed by atoms with van der Waals surface area (Å²) in [5, 5.41) is 9.11. The Balaban J connectivity index is 1.90. The standard InChI is InChI=1S/C14H21N3O2/c1-2-19-13-6-4-3-5-12(13)17-14(18)16-11-7-9-15-10-8-11/h3-6,11,15H,2,7-10H2,1H3,(H2,16,17,18). The molecule has 1 aromatic rings. The predicted molar refractivity (Wildman–Crippen MR) is 75.7 cm³/mol. The Bertz CT molecular complexity index is 417. The summed E-state index contributed by atoms with van der Waals surface area (Å²) in [6, 6.07) is 7.54. The fourth-order valence-corrected chi connectivity index (χ4v) is 2.16. The average Bonchev–Trinajstić information content (AvgIpc) is 2.42. The van der Waals surface area contributed by atoms with Crippen LogP contribution in [0.25, 0.3) is 0 Å². The molecule has 0 aliphatic carbocycles. The van der Waals surface area contributed by atoms with Crippen molar-refractivity contribution in [3.05, 3.63) is 24.3 Å². The molecule has 0 spiro atoms. The van der Waals surface area contributed by atoms with E-state index in [-0.39, 0.29) is 12.1 Å². The number of urea groups is 1. The minimum Gasteiger partial charge on any atom is -0.492 e. The maximum absolute atomic E-state index is 11.9. The maximum Gasteiger partial charge on any atom is 0.319 e. The highest BCUT2D eigenvalue weighted by Crippen LogP contribution is 2.23. The van der Waals surface area contributed by atoms with Crippen molar-refractivity contribution >= 4 is 11.7 Å². The Morgan fingerprint density at radius 1 is 1.37 bits per heavy atom. The Hall–Kier alpha value is -1.75. The summed E-state index contributed by atoms with van der Waals surface area (Å²) in [5.41, 5.74) is 0.704. The SMILES string of the molecule is CCOc1ccccc1NC(=O)NC1CCNCC1. The molecule has 1 aromatic carbocycles. The first-order valence-corrected chi connectivity index (χ1v) is 6.79. The van der Waals surface area contributed by atoms with E-state index in [0.29, 0.717) is 18.0 Å². The zero-order valence-corrected chi connectivity index (χ0v) is 11.2. The Labute approximate surface area is 113 Å². The highest BCUT2D eigenvalue weighted by molar-refractivity contribution is 5.91. The summed E-state index contributed by atoms with van der Waals surface area (Å²) in [4.78, 5) is 11.9. The summed E-state index contributed by atoms with van der Waals surface area (Å²) < 4.78 is 5.48. The van der Waals surface area contributed by atoms with E-state index in [2.05, 4.69) is 16.0 Å². The molecule has 0 bridgehead atoms. The molecule has 0 aromatic heterocycles. The zero-order valence-electron chi connectivity index (χ0n) is 11.2. The third kappa shape index (κ3) is 4.13. The molecule has 1 aliphatic rings. The van der Waals surface area contributed by atoms with Crippen LogP contribution in [0.1, 0.15) is 19.8 Å². The molecule has 5 heteroatoms. The van der Waals surface area contributed by atoms with Crippen molar-refractivity contribution in [2.75, 3.05) is 25.0 Å². The molecule has 0 unspecified atom stereocenters. The number of amides is 2. The van der Waals surface area contributed by atoms with E-state index >= 15 is 0 Å². The van der Waals surface area contributed by atoms with Crippen LogP contribution in [0.5, 0.6) is 5.75 Å². The van der Waals surface area contributed by atoms with Crippen LogP contribution in [0.2, 0.25) is 0 Å². The molecule has 104 valence electrons. The lowest BCUT2D eigenvalue weighted by molar-refractivity contribution is 0.245. The van der Waals surface area contributed by atoms with Gasteiger partial charge in [0.25, 0.3) is 0 Å². The number of rotatable bonds is 4. The van der Waals surface area contributed by atoms with Gasteiger partial charge < -0.3 is 20.7 Å². The van der Waals surface area contributed by atoms with Crippen LogP contribution in [0.15, 0.2) is 24.3 Å². The summed E-state index contributed by atoms with van der Waals surface area (Å²) in [6.07, 6.45) is 1.95. The zero-order chi connectivity index (χ0) is 13.5. The van der Waals surface area contributed by atoms with E-state index in [0.717, 1.165) is 25.9 Å². The first kappa shape index (κ1) is 13.7. The molecule has 1 saturated heterocycles. The number of para-hydroxylation sites is 2. The number of nitrogens with one attached hydrogen (secondary N) is 3. The van der Waals surface area contributed by atoms with Crippen molar-refractivity contribution in [2.24, 2.45) is 0 Å². The van der Waals surface area contributed by atoms with Gasteiger partial charge in [-0.1, -0.05) is 12.1 Å². The van der Waals surface area contributed by atoms with Crippen LogP contribution in [0.4, 0.5) is 10.5 Å². The first-order chi connectivity index (χ1) is 9.29. The van der Waals surface area contributed by atoms with Crippen molar-refractivity contribution in [1.82, 2.24) is 10.6 Å². The number of carbonyl (C=O) groups is 1. The van der Waals surface area contributed by atoms with Crippen molar-refractivity contribution in [3.63, 3.8) is 0 Å². The van der Waals surface area contributed by atoms with Gasteiger partial charge in [-0.25, -0.2) is 4.79 Å². The fraction of sp³-hybridized carbons (Fsp3) is 0.500. The smallest absolute Gasteiger partial charge is 0.319 e. The van der Waals surface area contributed by atoms with Gasteiger partial charge in [-0.2, -0.15) is 0 Å². The van der Waals surface area contributed by atoms with Crippen LogP contribution >= 0.6 is 0 Å². The lowest BCUT2D eigenvalue weighted by atomic mass is 10.1. The molecule has 3 N–H and O–H groups in total. The third-order valence-electron chi connectivity index (χ3n) is 3.11. The van der Waals surface area contributed by atoms with Crippen LogP contribution in [0, 0.1) is 0 Å². The van der Waals surface area contributed by atoms with Crippen molar-refractivity contribution < 1.29 is 9.53 Å². The second kappa shape index (κ2) is 6.99. The Morgan fingerprint density at radius 2 is 2.11 bits per heavy atom. The number of piperidine rings is 1. The topological polar surface area (TPSA) is 62.4 Å². The minimum absolute atomic E-state index is 0.168. The van der Waals surface area contributed by atoms with E-state index in [1.54, 1.807) is 0 Å². The fourth-order valence-electron chi connectivity index (χ4n) is 2.16. The lowest BCUT2D eigenvalue weighted by Gasteiger charge is -2.24. The maximum atomic E-state index is 11.9. The molecule has 5 nitrogen and oxygen atoms in total. The van der Waals surface area contributed by atoms with Gasteiger partial charge >= 0.3 is 6.03 Å². The quantitative estimate of drug-likeness (QED) is 0.778. The molecule has 0 saturated carbocycles. The second-order valence-corrected chi connectivity index (χ2v) is 4.55. The van der Waals surface area contributed by atoms with Gasteiger partial charge in [-0.05, 0) is 45.0 Å². The van der Waals surface area contributed by atoms with Crippen molar-refractivity contribution in [2.45, 2.75) is 25.8 Å². The Morgan fingerprint density at radius 3 is 2.84 bits per heavy atom. The highest BCUT2D eigenvalue weighted by Gasteiger charge is 2.15. The minimum atomic E-state index is -0.168. The number of anilines is 1. The van der Waals surface area contributed by atoms with Gasteiger partial charge in [0.1, 0.15) is 5.75 Å². The summed E-state index contributed by atoms with van der Waals surface area (Å²) in [5.74, 6) is 0.700. The van der Waals surface area contributed by atoms with Crippen LogP contribution in [-0.2, 0) is 0 Å². The monoisotopic (exact) mass is 263 g/mol. The number of ether oxygens (including phenoxy) is 1. The molecular formula is C14H21N3O2. The molecule has 0 radical (unpaired) electrons. The van der Waals surface area contributed by atoms with Gasteiger partial charge in [0, 0.05) is 6.04 Å². The largest absolute Gasteiger partial charge is 0.492 e. The third-order valence-corrected chi connectivity index (χ3v) is 3.11. The normalized spacial score (nSPS) is 15.8. The number of hydrogen-bond donors (Lipinski definition) is 3. The molecule has 2 rings (SSSR count). The van der Waals surface area contributed by atoms with Crippen LogP contribution < -0.4 is 20.7 Å². The van der Waals surface area contributed by atoms with Gasteiger partial charge in [0.15, 0.2) is 0 Å². The number of benzene rings is 1. The molecule has 0 atom stereocenters. The molecule has 1 heterocycles. The van der Waals surface area contributed by atoms with Gasteiger partial charge in [-0.15, -0.1) is 0 Å². The summed E-state index contributed by atoms with van der Waals surface area (Å²) in [6.45, 7) is 4.42. The van der Waals surface area contributed by atoms with Gasteiger partial charge in [0.2, 0.25) is 0 Å². The number of carbonyl (C=O) groups excluding carboxylic acids is 1. The second-order valence-electron chi connectivity index (χ2n) is 4.55. The predicted octanol–water partition coefficient (Wildman–Crippen LogP) is 1.96. The lowest BCUT2D eigenvalue weighted by Crippen LogP contribution is -2.44. The Kier molecular flexibility index (Phi) is 5.03. The van der Waals surface area contributed by atoms with Crippen LogP contribution in [0.3, 0.4) is 0 Å². The van der Waals surface area contributed by atoms with E-state index in [1.807, 2.05) is 31.2 Å². The summed E-state index contributed by atoms with van der Waals surface area (Å²) in [7, 11) is 0. The van der Waals surface area contributed by atoms with Crippen molar-refractivity contribution in [1.29, 1.82) is 0 Å². The molecular weight excluding hydrogens is 242 g/mol. The molecule has 19 heavy (non-hydrogen) atoms. The summed E-state index contributed by atoms with van der Waals surface area (Å²) >= 11 is 0. The van der Waals surface area contributed by atoms with E-state index in [4.69, 9.17) is 4.74 Å². The van der Waals surface area contributed by atoms with E-state index in [9.17, 15) is 4.79 Å². The number of hydrogen-bond acceptors (Lipinski definition) is 3. The van der Waals surface area contributed by atoms with E-state index < -0.39 is 0 Å². The van der Waals surface area contributed by atoms with Crippen molar-refractivity contribution in [3.8, 4) is 5.75 Å².